The van der Waals surface area contributed by atoms with E-state index in [2.05, 4.69) is 0 Å². The Hall–Kier alpha value is -1.06. The lowest BCUT2D eigenvalue weighted by Crippen LogP contribution is -2.40. The van der Waals surface area contributed by atoms with E-state index < -0.39 is 17.4 Å². The summed E-state index contributed by atoms with van der Waals surface area (Å²) >= 11 is 0. The van der Waals surface area contributed by atoms with Crippen molar-refractivity contribution in [3.63, 3.8) is 0 Å². The molecule has 1 saturated carbocycles. The zero-order valence-electron chi connectivity index (χ0n) is 10.2. The van der Waals surface area contributed by atoms with Crippen molar-refractivity contribution in [2.75, 3.05) is 13.2 Å². The number of hydrogen-bond donors (Lipinski definition) is 0. The number of ether oxygens (including phenoxy) is 2. The first kappa shape index (κ1) is 13.0. The summed E-state index contributed by atoms with van der Waals surface area (Å²) in [4.78, 5) is 23.6. The first-order valence-electron chi connectivity index (χ1n) is 5.89. The Morgan fingerprint density at radius 2 is 1.56 bits per heavy atom. The molecule has 0 aromatic rings. The van der Waals surface area contributed by atoms with Gasteiger partial charge in [0.1, 0.15) is 0 Å². The van der Waals surface area contributed by atoms with Crippen LogP contribution in [0.15, 0.2) is 0 Å². The molecule has 0 bridgehead atoms. The molecule has 16 heavy (non-hydrogen) atoms. The van der Waals surface area contributed by atoms with Crippen LogP contribution in [0.2, 0.25) is 0 Å². The van der Waals surface area contributed by atoms with Crippen LogP contribution in [0, 0.1) is 11.3 Å². The first-order valence-corrected chi connectivity index (χ1v) is 5.89. The molecule has 4 nitrogen and oxygen atoms in total. The minimum Gasteiger partial charge on any atom is -0.465 e. The normalized spacial score (nSPS) is 15.7. The van der Waals surface area contributed by atoms with Crippen molar-refractivity contribution in [3.05, 3.63) is 0 Å². The highest BCUT2D eigenvalue weighted by Crippen LogP contribution is 2.41. The molecule has 0 aromatic heterocycles. The maximum atomic E-state index is 11.8. The maximum Gasteiger partial charge on any atom is 0.323 e. The van der Waals surface area contributed by atoms with Gasteiger partial charge in [0.2, 0.25) is 0 Å². The lowest BCUT2D eigenvalue weighted by atomic mass is 9.84. The molecule has 0 saturated heterocycles. The molecule has 92 valence electrons. The van der Waals surface area contributed by atoms with Gasteiger partial charge in [0, 0.05) is 0 Å². The molecule has 0 spiro atoms. The van der Waals surface area contributed by atoms with Crippen molar-refractivity contribution >= 4 is 11.9 Å². The van der Waals surface area contributed by atoms with E-state index in [-0.39, 0.29) is 0 Å². The first-order chi connectivity index (χ1) is 7.54. The van der Waals surface area contributed by atoms with Gasteiger partial charge in [0.15, 0.2) is 5.41 Å². The number of rotatable bonds is 6. The summed E-state index contributed by atoms with van der Waals surface area (Å²) in [5.74, 6) is -0.445. The summed E-state index contributed by atoms with van der Waals surface area (Å²) in [6.07, 6.45) is 2.73. The molecule has 0 amide bonds. The Labute approximate surface area is 96.3 Å². The van der Waals surface area contributed by atoms with Gasteiger partial charge in [0.25, 0.3) is 0 Å². The Morgan fingerprint density at radius 1 is 1.12 bits per heavy atom. The van der Waals surface area contributed by atoms with Crippen molar-refractivity contribution in [1.82, 2.24) is 0 Å². The summed E-state index contributed by atoms with van der Waals surface area (Å²) in [6.45, 7) is 5.68. The molecule has 0 unspecified atom stereocenters. The third-order valence-corrected chi connectivity index (χ3v) is 2.85. The summed E-state index contributed by atoms with van der Waals surface area (Å²) < 4.78 is 9.93. The predicted octanol–water partition coefficient (Wildman–Crippen LogP) is 1.92. The van der Waals surface area contributed by atoms with E-state index in [1.165, 1.54) is 0 Å². The molecule has 0 N–H and O–H groups in total. The summed E-state index contributed by atoms with van der Waals surface area (Å²) in [5, 5.41) is 0. The van der Waals surface area contributed by atoms with Gasteiger partial charge in [-0.1, -0.05) is 12.8 Å². The minimum atomic E-state index is -1.12. The molecule has 4 heteroatoms. The van der Waals surface area contributed by atoms with Crippen molar-refractivity contribution in [3.8, 4) is 0 Å². The van der Waals surface area contributed by atoms with Gasteiger partial charge in [-0.3, -0.25) is 9.59 Å². The lowest BCUT2D eigenvalue weighted by Gasteiger charge is -2.24. The fraction of sp³-hybridized carbons (Fsp3) is 0.833. The van der Waals surface area contributed by atoms with Gasteiger partial charge in [-0.15, -0.1) is 0 Å². The topological polar surface area (TPSA) is 52.6 Å². The molecule has 1 aliphatic rings. The van der Waals surface area contributed by atoms with Crippen molar-refractivity contribution in [2.45, 2.75) is 40.0 Å². The molecule has 0 aliphatic heterocycles. The number of esters is 2. The molecule has 1 rings (SSSR count). The molecule has 0 radical (unpaired) electrons. The minimum absolute atomic E-state index is 0.290. The summed E-state index contributed by atoms with van der Waals surface area (Å²) in [6, 6.07) is 0. The fourth-order valence-corrected chi connectivity index (χ4v) is 1.73. The van der Waals surface area contributed by atoms with E-state index in [0.29, 0.717) is 25.6 Å². The second-order valence-corrected chi connectivity index (χ2v) is 4.42. The zero-order valence-corrected chi connectivity index (χ0v) is 10.2. The third kappa shape index (κ3) is 2.97. The molecular weight excluding hydrogens is 208 g/mol. The quantitative estimate of drug-likeness (QED) is 0.515. The average Bonchev–Trinajstić information content (AvgIpc) is 3.02. The second-order valence-electron chi connectivity index (χ2n) is 4.42. The Balaban J connectivity index is 2.72. The van der Waals surface area contributed by atoms with Crippen LogP contribution in [0.5, 0.6) is 0 Å². The Kier molecular flexibility index (Phi) is 4.33. The molecule has 0 aromatic carbocycles. The smallest absolute Gasteiger partial charge is 0.323 e. The van der Waals surface area contributed by atoms with Crippen LogP contribution in [0.25, 0.3) is 0 Å². The average molecular weight is 228 g/mol. The molecule has 0 atom stereocenters. The monoisotopic (exact) mass is 228 g/mol. The maximum absolute atomic E-state index is 11.8. The largest absolute Gasteiger partial charge is 0.465 e. The number of carbonyl (C=O) groups excluding carboxylic acids is 2. The van der Waals surface area contributed by atoms with Crippen LogP contribution in [0.3, 0.4) is 0 Å². The van der Waals surface area contributed by atoms with E-state index in [9.17, 15) is 9.59 Å². The molecule has 1 fully saturated rings. The van der Waals surface area contributed by atoms with E-state index in [0.717, 1.165) is 12.8 Å². The van der Waals surface area contributed by atoms with Gasteiger partial charge >= 0.3 is 11.9 Å². The Morgan fingerprint density at radius 3 is 1.88 bits per heavy atom. The van der Waals surface area contributed by atoms with Crippen molar-refractivity contribution in [1.29, 1.82) is 0 Å². The van der Waals surface area contributed by atoms with Crippen LogP contribution >= 0.6 is 0 Å². The number of hydrogen-bond acceptors (Lipinski definition) is 4. The van der Waals surface area contributed by atoms with Gasteiger partial charge in [-0.25, -0.2) is 0 Å². The van der Waals surface area contributed by atoms with Gasteiger partial charge in [-0.2, -0.15) is 0 Å². The van der Waals surface area contributed by atoms with Crippen LogP contribution in [-0.2, 0) is 19.1 Å². The second kappa shape index (κ2) is 5.32. The van der Waals surface area contributed by atoms with Gasteiger partial charge in [0.05, 0.1) is 13.2 Å². The van der Waals surface area contributed by atoms with E-state index >= 15 is 0 Å². The standard InChI is InChI=1S/C12H20O4/c1-4-15-10(13)12(3,8-9-6-7-9)11(14)16-5-2/h9H,4-8H2,1-3H3. The van der Waals surface area contributed by atoms with Gasteiger partial charge in [-0.05, 0) is 33.1 Å². The van der Waals surface area contributed by atoms with Crippen LogP contribution in [0.4, 0.5) is 0 Å². The van der Waals surface area contributed by atoms with Crippen LogP contribution < -0.4 is 0 Å². The molecule has 0 heterocycles. The van der Waals surface area contributed by atoms with E-state index in [1.807, 2.05) is 0 Å². The SMILES string of the molecule is CCOC(=O)C(C)(CC1CC1)C(=O)OCC. The van der Waals surface area contributed by atoms with Crippen molar-refractivity contribution in [2.24, 2.45) is 11.3 Å². The molecular formula is C12H20O4. The highest BCUT2D eigenvalue weighted by atomic mass is 16.6. The van der Waals surface area contributed by atoms with Crippen LogP contribution in [-0.4, -0.2) is 25.2 Å². The number of carbonyl (C=O) groups is 2. The van der Waals surface area contributed by atoms with Gasteiger partial charge < -0.3 is 9.47 Å². The highest BCUT2D eigenvalue weighted by molar-refractivity contribution is 5.99. The predicted molar refractivity (Wildman–Crippen MR) is 58.7 cm³/mol. The highest BCUT2D eigenvalue weighted by Gasteiger charge is 2.47. The van der Waals surface area contributed by atoms with Crippen molar-refractivity contribution < 1.29 is 19.1 Å². The zero-order chi connectivity index (χ0) is 12.2. The fourth-order valence-electron chi connectivity index (χ4n) is 1.73. The lowest BCUT2D eigenvalue weighted by molar-refractivity contribution is -0.171. The van der Waals surface area contributed by atoms with Crippen LogP contribution in [0.1, 0.15) is 40.0 Å². The van der Waals surface area contributed by atoms with E-state index in [4.69, 9.17) is 9.47 Å². The third-order valence-electron chi connectivity index (χ3n) is 2.85. The Bertz CT molecular complexity index is 250. The summed E-state index contributed by atoms with van der Waals surface area (Å²) in [7, 11) is 0. The molecule has 1 aliphatic carbocycles. The summed E-state index contributed by atoms with van der Waals surface area (Å²) in [5.41, 5.74) is -1.12. The van der Waals surface area contributed by atoms with E-state index in [1.54, 1.807) is 20.8 Å².